The van der Waals surface area contributed by atoms with Crippen molar-refractivity contribution in [2.45, 2.75) is 13.0 Å². The van der Waals surface area contributed by atoms with Crippen LogP contribution < -0.4 is 10.6 Å². The number of rotatable bonds is 2. The van der Waals surface area contributed by atoms with E-state index >= 15 is 0 Å². The predicted octanol–water partition coefficient (Wildman–Crippen LogP) is 3.77. The molecular weight excluding hydrogens is 333 g/mol. The Kier molecular flexibility index (Phi) is 3.68. The topological polar surface area (TPSA) is 41.6 Å². The largest absolute Gasteiger partial charge is 0.369 e. The van der Waals surface area contributed by atoms with E-state index in [-0.39, 0.29) is 11.9 Å². The van der Waals surface area contributed by atoms with Gasteiger partial charge in [-0.1, -0.05) is 33.6 Å². The summed E-state index contributed by atoms with van der Waals surface area (Å²) in [4.78, 5) is 6.27. The highest BCUT2D eigenvalue weighted by molar-refractivity contribution is 9.10. The molecule has 0 aliphatic carbocycles. The highest BCUT2D eigenvalue weighted by Crippen LogP contribution is 2.35. The third-order valence-electron chi connectivity index (χ3n) is 3.61. The van der Waals surface area contributed by atoms with Crippen LogP contribution in [0.25, 0.3) is 0 Å². The van der Waals surface area contributed by atoms with Crippen molar-refractivity contribution < 1.29 is 4.39 Å². The number of benzene rings is 2. The molecule has 21 heavy (non-hydrogen) atoms. The number of hydrogen-bond donors (Lipinski definition) is 1. The van der Waals surface area contributed by atoms with Gasteiger partial charge in [0.15, 0.2) is 5.96 Å². The summed E-state index contributed by atoms with van der Waals surface area (Å²) in [6, 6.07) is 12.6. The summed E-state index contributed by atoms with van der Waals surface area (Å²) in [5, 5.41) is 0. The number of guanidine groups is 1. The van der Waals surface area contributed by atoms with Gasteiger partial charge in [0, 0.05) is 10.2 Å². The van der Waals surface area contributed by atoms with Crippen molar-refractivity contribution >= 4 is 27.6 Å². The van der Waals surface area contributed by atoms with Crippen LogP contribution in [0.2, 0.25) is 0 Å². The molecule has 5 heteroatoms. The molecule has 0 amide bonds. The minimum atomic E-state index is -0.262. The van der Waals surface area contributed by atoms with Gasteiger partial charge in [0.05, 0.1) is 12.6 Å². The Balaban J connectivity index is 2.02. The number of aryl methyl sites for hydroxylation is 1. The number of nitrogens with zero attached hydrogens (tertiary/aromatic N) is 2. The van der Waals surface area contributed by atoms with Crippen LogP contribution in [0.5, 0.6) is 0 Å². The van der Waals surface area contributed by atoms with E-state index in [4.69, 9.17) is 5.73 Å². The van der Waals surface area contributed by atoms with E-state index in [1.54, 1.807) is 6.07 Å². The summed E-state index contributed by atoms with van der Waals surface area (Å²) in [6.07, 6.45) is 0. The van der Waals surface area contributed by atoms with Crippen LogP contribution in [0, 0.1) is 12.7 Å². The highest BCUT2D eigenvalue weighted by Gasteiger charge is 2.30. The Morgan fingerprint density at radius 1 is 1.24 bits per heavy atom. The summed E-state index contributed by atoms with van der Waals surface area (Å²) < 4.78 is 14.4. The third-order valence-corrected chi connectivity index (χ3v) is 4.34. The maximum Gasteiger partial charge on any atom is 0.196 e. The first-order chi connectivity index (χ1) is 10.1. The fourth-order valence-corrected chi connectivity index (χ4v) is 3.03. The first-order valence-corrected chi connectivity index (χ1v) is 7.46. The average molecular weight is 348 g/mol. The molecule has 0 spiro atoms. The first-order valence-electron chi connectivity index (χ1n) is 6.67. The van der Waals surface area contributed by atoms with Crippen molar-refractivity contribution in [3.8, 4) is 0 Å². The van der Waals surface area contributed by atoms with Gasteiger partial charge in [-0.2, -0.15) is 0 Å². The number of aliphatic imine (C=N–C) groups is 1. The molecule has 1 unspecified atom stereocenters. The number of nitrogens with two attached hydrogens (primary N) is 1. The first kappa shape index (κ1) is 14.1. The molecule has 3 rings (SSSR count). The minimum Gasteiger partial charge on any atom is -0.369 e. The molecule has 108 valence electrons. The standard InChI is InChI=1S/C16H15BrFN3/c1-10-2-5-12(6-3-10)21-15(9-20-16(21)19)13-8-11(18)4-7-14(13)17/h2-8,15H,9H2,1H3,(H2,19,20). The number of anilines is 1. The van der Waals surface area contributed by atoms with Crippen molar-refractivity contribution in [3.63, 3.8) is 0 Å². The third kappa shape index (κ3) is 2.65. The Morgan fingerprint density at radius 3 is 2.67 bits per heavy atom. The van der Waals surface area contributed by atoms with Crippen LogP contribution in [0.1, 0.15) is 17.2 Å². The SMILES string of the molecule is Cc1ccc(N2C(N)=NCC2c2cc(F)ccc2Br)cc1. The van der Waals surface area contributed by atoms with Crippen molar-refractivity contribution in [2.24, 2.45) is 10.7 Å². The smallest absolute Gasteiger partial charge is 0.196 e. The summed E-state index contributed by atoms with van der Waals surface area (Å²) >= 11 is 3.49. The molecule has 2 N–H and O–H groups in total. The molecule has 1 aliphatic heterocycles. The van der Waals surface area contributed by atoms with E-state index in [0.717, 1.165) is 15.7 Å². The second-order valence-corrected chi connectivity index (χ2v) is 5.94. The quantitative estimate of drug-likeness (QED) is 0.898. The maximum atomic E-state index is 13.6. The van der Waals surface area contributed by atoms with Crippen molar-refractivity contribution in [2.75, 3.05) is 11.4 Å². The molecule has 0 saturated heterocycles. The molecule has 0 saturated carbocycles. The zero-order valence-electron chi connectivity index (χ0n) is 11.6. The van der Waals surface area contributed by atoms with E-state index < -0.39 is 0 Å². The second kappa shape index (κ2) is 5.48. The van der Waals surface area contributed by atoms with Gasteiger partial charge in [0.25, 0.3) is 0 Å². The molecule has 0 radical (unpaired) electrons. The Labute approximate surface area is 131 Å². The van der Waals surface area contributed by atoms with Crippen LogP contribution >= 0.6 is 15.9 Å². The molecule has 1 aliphatic rings. The van der Waals surface area contributed by atoms with Crippen LogP contribution in [0.4, 0.5) is 10.1 Å². The lowest BCUT2D eigenvalue weighted by Gasteiger charge is -2.27. The monoisotopic (exact) mass is 347 g/mol. The highest BCUT2D eigenvalue weighted by atomic mass is 79.9. The molecule has 3 nitrogen and oxygen atoms in total. The van der Waals surface area contributed by atoms with E-state index in [1.165, 1.54) is 17.7 Å². The summed E-state index contributed by atoms with van der Waals surface area (Å²) in [5.41, 5.74) is 9.02. The number of hydrogen-bond acceptors (Lipinski definition) is 3. The minimum absolute atomic E-state index is 0.0993. The van der Waals surface area contributed by atoms with Crippen molar-refractivity contribution in [1.82, 2.24) is 0 Å². The van der Waals surface area contributed by atoms with Gasteiger partial charge >= 0.3 is 0 Å². The Bertz CT molecular complexity index is 697. The van der Waals surface area contributed by atoms with Crippen molar-refractivity contribution in [1.29, 1.82) is 0 Å². The molecule has 2 aromatic rings. The van der Waals surface area contributed by atoms with Gasteiger partial charge in [0.1, 0.15) is 5.82 Å². The fraction of sp³-hybridized carbons (Fsp3) is 0.188. The van der Waals surface area contributed by atoms with E-state index in [1.807, 2.05) is 36.1 Å². The van der Waals surface area contributed by atoms with Crippen LogP contribution in [0.3, 0.4) is 0 Å². The zero-order chi connectivity index (χ0) is 15.0. The van der Waals surface area contributed by atoms with Gasteiger partial charge in [-0.3, -0.25) is 4.99 Å². The lowest BCUT2D eigenvalue weighted by Crippen LogP contribution is -2.36. The van der Waals surface area contributed by atoms with Gasteiger partial charge in [-0.15, -0.1) is 0 Å². The second-order valence-electron chi connectivity index (χ2n) is 5.09. The fourth-order valence-electron chi connectivity index (χ4n) is 2.52. The summed E-state index contributed by atoms with van der Waals surface area (Å²) in [7, 11) is 0. The summed E-state index contributed by atoms with van der Waals surface area (Å²) in [6.45, 7) is 2.55. The maximum absolute atomic E-state index is 13.6. The Hall–Kier alpha value is -1.88. The van der Waals surface area contributed by atoms with Crippen LogP contribution in [-0.2, 0) is 0 Å². The molecule has 0 aromatic heterocycles. The molecular formula is C16H15BrFN3. The van der Waals surface area contributed by atoms with Crippen molar-refractivity contribution in [3.05, 3.63) is 63.9 Å². The lowest BCUT2D eigenvalue weighted by atomic mass is 10.1. The van der Waals surface area contributed by atoms with E-state index in [0.29, 0.717) is 12.5 Å². The lowest BCUT2D eigenvalue weighted by molar-refractivity contribution is 0.620. The van der Waals surface area contributed by atoms with E-state index in [9.17, 15) is 4.39 Å². The average Bonchev–Trinajstić information content (AvgIpc) is 2.84. The molecule has 0 fully saturated rings. The predicted molar refractivity (Wildman–Crippen MR) is 87.0 cm³/mol. The normalized spacial score (nSPS) is 18.0. The van der Waals surface area contributed by atoms with Crippen LogP contribution in [0.15, 0.2) is 51.9 Å². The summed E-state index contributed by atoms with van der Waals surface area (Å²) in [5.74, 6) is 0.197. The zero-order valence-corrected chi connectivity index (χ0v) is 13.1. The molecule has 1 heterocycles. The van der Waals surface area contributed by atoms with Crippen LogP contribution in [-0.4, -0.2) is 12.5 Å². The van der Waals surface area contributed by atoms with Gasteiger partial charge < -0.3 is 10.6 Å². The molecule has 0 bridgehead atoms. The number of halogens is 2. The van der Waals surface area contributed by atoms with Gasteiger partial charge in [-0.05, 0) is 42.8 Å². The Morgan fingerprint density at radius 2 is 1.95 bits per heavy atom. The van der Waals surface area contributed by atoms with Gasteiger partial charge in [0.2, 0.25) is 0 Å². The van der Waals surface area contributed by atoms with E-state index in [2.05, 4.69) is 20.9 Å². The molecule has 2 aromatic carbocycles. The molecule has 1 atom stereocenters. The van der Waals surface area contributed by atoms with Gasteiger partial charge in [-0.25, -0.2) is 4.39 Å².